The minimum absolute atomic E-state index is 0. The van der Waals surface area contributed by atoms with E-state index in [2.05, 4.69) is 74.9 Å². The Bertz CT molecular complexity index is 265. The summed E-state index contributed by atoms with van der Waals surface area (Å²) in [7, 11) is 9.52. The second kappa shape index (κ2) is 21.6. The molecule has 0 saturated heterocycles. The third kappa shape index (κ3) is 23.6. The molecule has 1 radical (unpaired) electrons. The molecule has 0 amide bonds. The summed E-state index contributed by atoms with van der Waals surface area (Å²) < 4.78 is 0. The van der Waals surface area contributed by atoms with E-state index >= 15 is 0 Å². The maximum atomic E-state index is 11.3. The summed E-state index contributed by atoms with van der Waals surface area (Å²) >= 11 is 0. The van der Waals surface area contributed by atoms with E-state index in [1.807, 2.05) is 0 Å². The first kappa shape index (κ1) is 43.3. The summed E-state index contributed by atoms with van der Waals surface area (Å²) in [6, 6.07) is 0. The number of nitrogens with zero attached hydrogens (tertiary/aromatic N) is 4. The summed E-state index contributed by atoms with van der Waals surface area (Å²) in [5.74, 6) is 0. The Labute approximate surface area is 197 Å². The monoisotopic (exact) mass is 638 g/mol. The van der Waals surface area contributed by atoms with E-state index in [4.69, 9.17) is 5.21 Å². The molecule has 0 rings (SSSR count). The molecule has 0 unspecified atom stereocenters. The largest absolute Gasteiger partial charge is 0.668 e. The maximum Gasteiger partial charge on any atom is 0.153 e. The maximum absolute atomic E-state index is 11.3. The van der Waals surface area contributed by atoms with Crippen LogP contribution in [0.3, 0.4) is 0 Å². The third-order valence-electron chi connectivity index (χ3n) is 3.26. The number of hydroxylamine groups is 2. The van der Waals surface area contributed by atoms with Gasteiger partial charge in [-0.3, -0.25) is 0 Å². The van der Waals surface area contributed by atoms with Crippen LogP contribution in [0.5, 0.6) is 0 Å². The molecule has 0 spiro atoms. The molecule has 0 aliphatic rings. The molecule has 0 aromatic rings. The Morgan fingerprint density at radius 2 is 0.607 bits per heavy atom. The van der Waals surface area contributed by atoms with Crippen molar-refractivity contribution in [2.45, 2.75) is 58.9 Å². The van der Waals surface area contributed by atoms with Crippen molar-refractivity contribution in [1.82, 2.24) is 5.06 Å². The molecule has 0 atom stereocenters. The summed E-state index contributed by atoms with van der Waals surface area (Å²) in [4.78, 5) is 11.3. The van der Waals surface area contributed by atoms with Crippen LogP contribution in [0, 0.1) is 0 Å². The van der Waals surface area contributed by atoms with Crippen LogP contribution >= 0.6 is 0 Å². The van der Waals surface area contributed by atoms with Crippen molar-refractivity contribution >= 4 is 29.6 Å². The predicted molar refractivity (Wildman–Crippen MR) is 139 cm³/mol. The molecule has 11 heteroatoms. The molecule has 177 valence electrons. The fourth-order valence-electron chi connectivity index (χ4n) is 3.38. The first-order chi connectivity index (χ1) is 11.7. The first-order valence-corrected chi connectivity index (χ1v) is 24.7. The van der Waals surface area contributed by atoms with E-state index in [1.165, 1.54) is 0 Å². The van der Waals surface area contributed by atoms with E-state index in [0.29, 0.717) is 0 Å². The van der Waals surface area contributed by atoms with Gasteiger partial charge in [0.1, 0.15) is 0 Å². The van der Waals surface area contributed by atoms with Gasteiger partial charge >= 0.3 is 0 Å². The molecule has 0 aliphatic heterocycles. The Morgan fingerprint density at radius 1 is 0.536 bits per heavy atom. The van der Waals surface area contributed by atoms with E-state index in [-0.39, 0.29) is 22.4 Å². The average Bonchev–Trinajstić information content (AvgIpc) is 2.35. The SMILES string of the molecule is CN(C)O.C[N-]C.C[N-]C.C[N-]C.C[Si](C)(C)[Si](O)([Si](C)(C)C)[Si](C)(C)C.[Ta]. The van der Waals surface area contributed by atoms with Crippen LogP contribution in [0.2, 0.25) is 58.9 Å². The molecule has 0 aliphatic carbocycles. The van der Waals surface area contributed by atoms with Crippen molar-refractivity contribution in [3.8, 4) is 0 Å². The van der Waals surface area contributed by atoms with Gasteiger partial charge in [-0.1, -0.05) is 58.9 Å². The molecule has 0 saturated carbocycles. The summed E-state index contributed by atoms with van der Waals surface area (Å²) in [6.45, 7) is 19.5. The minimum Gasteiger partial charge on any atom is -0.668 e. The predicted octanol–water partition coefficient (Wildman–Crippen LogP) is 4.97. The Kier molecular flexibility index (Phi) is 33.4. The smallest absolute Gasteiger partial charge is 0.153 e. The Hall–Kier alpha value is 1.37. The van der Waals surface area contributed by atoms with Gasteiger partial charge in [0.2, 0.25) is 0 Å². The number of hydrogen-bond donors (Lipinski definition) is 2. The molecule has 2 N–H and O–H groups in total. The van der Waals surface area contributed by atoms with Crippen LogP contribution in [0.25, 0.3) is 16.0 Å². The van der Waals surface area contributed by atoms with Gasteiger partial charge in [-0.25, -0.2) is 0 Å². The zero-order valence-electron chi connectivity index (χ0n) is 22.1. The van der Waals surface area contributed by atoms with Gasteiger partial charge in [0.05, 0.1) is 22.8 Å². The number of hydrogen-bond acceptors (Lipinski definition) is 3. The molecule has 0 bridgehead atoms. The van der Waals surface area contributed by atoms with Crippen LogP contribution in [0.15, 0.2) is 0 Å². The molecule has 6 nitrogen and oxygen atoms in total. The third-order valence-corrected chi connectivity index (χ3v) is 69.8. The van der Waals surface area contributed by atoms with Crippen molar-refractivity contribution in [2.75, 3.05) is 56.4 Å². The molecule has 28 heavy (non-hydrogen) atoms. The van der Waals surface area contributed by atoms with Gasteiger partial charge in [-0.05, 0) is 0 Å². The normalized spacial score (nSPS) is 11.1. The van der Waals surface area contributed by atoms with Crippen molar-refractivity contribution in [3.63, 3.8) is 0 Å². The van der Waals surface area contributed by atoms with Gasteiger partial charge in [-0.2, -0.15) is 47.3 Å². The fourth-order valence-corrected chi connectivity index (χ4v) is 91.1. The van der Waals surface area contributed by atoms with Crippen LogP contribution in [0.4, 0.5) is 0 Å². The molecule has 0 aromatic heterocycles. The van der Waals surface area contributed by atoms with Crippen molar-refractivity contribution < 1.29 is 32.4 Å². The molecular weight excluding hydrogens is 586 g/mol. The summed E-state index contributed by atoms with van der Waals surface area (Å²) in [5.41, 5.74) is 0. The van der Waals surface area contributed by atoms with Crippen LogP contribution < -0.4 is 0 Å². The molecule has 0 aromatic carbocycles. The van der Waals surface area contributed by atoms with Crippen LogP contribution in [-0.4, -0.2) is 101 Å². The van der Waals surface area contributed by atoms with Crippen LogP contribution in [0.1, 0.15) is 0 Å². The van der Waals surface area contributed by atoms with E-state index < -0.39 is 29.6 Å². The molecular formula is C17H53N4O2Si4Ta-3. The van der Waals surface area contributed by atoms with Gasteiger partial charge in [-0.15, -0.1) is 0 Å². The quantitative estimate of drug-likeness (QED) is 0.338. The van der Waals surface area contributed by atoms with E-state index in [1.54, 1.807) is 56.4 Å². The first-order valence-electron chi connectivity index (χ1n) is 9.25. The van der Waals surface area contributed by atoms with Gasteiger partial charge in [0.25, 0.3) is 0 Å². The average molecular weight is 639 g/mol. The van der Waals surface area contributed by atoms with Crippen molar-refractivity contribution in [2.24, 2.45) is 0 Å². The standard InChI is InChI=1S/C9H28OSi4.C2H7NO.3C2H6N.Ta/c1-11(2,3)14(10,12(4,5)6)13(7,8)9;1-3(2)4;3*1-3-2;/h10H,1-9H3;4H,1-2H3;3*1-2H3;/q;;3*-1;. The van der Waals surface area contributed by atoms with Crippen molar-refractivity contribution in [3.05, 3.63) is 16.0 Å². The topological polar surface area (TPSA) is 86.0 Å². The second-order valence-corrected chi connectivity index (χ2v) is 49.1. The van der Waals surface area contributed by atoms with Gasteiger partial charge < -0.3 is 26.0 Å². The van der Waals surface area contributed by atoms with E-state index in [9.17, 15) is 4.80 Å². The van der Waals surface area contributed by atoms with Gasteiger partial charge in [0.15, 0.2) is 6.87 Å². The Balaban J connectivity index is -0.0000000711. The molecule has 0 fully saturated rings. The van der Waals surface area contributed by atoms with Gasteiger partial charge in [0, 0.05) is 36.5 Å². The number of rotatable bonds is 3. The zero-order chi connectivity index (χ0) is 23.7. The van der Waals surface area contributed by atoms with E-state index in [0.717, 1.165) is 5.06 Å². The second-order valence-electron chi connectivity index (χ2n) is 9.65. The minimum atomic E-state index is -1.94. The molecule has 0 heterocycles. The summed E-state index contributed by atoms with van der Waals surface area (Å²) in [5, 5.41) is 19.4. The zero-order valence-corrected chi connectivity index (χ0v) is 29.3. The summed E-state index contributed by atoms with van der Waals surface area (Å²) in [6.07, 6.45) is 0. The van der Waals surface area contributed by atoms with Crippen molar-refractivity contribution in [1.29, 1.82) is 0 Å². The Morgan fingerprint density at radius 3 is 0.607 bits per heavy atom. The fraction of sp³-hybridized carbons (Fsp3) is 1.00. The van der Waals surface area contributed by atoms with Crippen LogP contribution in [-0.2, 0) is 22.4 Å².